The number of rotatable bonds is 6. The number of hydrogen-bond acceptors (Lipinski definition) is 5. The molecule has 0 aliphatic carbocycles. The van der Waals surface area contributed by atoms with E-state index in [-0.39, 0.29) is 5.91 Å². The summed E-state index contributed by atoms with van der Waals surface area (Å²) in [6.45, 7) is 5.20. The average Bonchev–Trinajstić information content (AvgIpc) is 3.44. The van der Waals surface area contributed by atoms with Gasteiger partial charge in [0, 0.05) is 37.0 Å². The minimum atomic E-state index is -0.704. The van der Waals surface area contributed by atoms with E-state index in [9.17, 15) is 4.79 Å². The number of carbonyl (C=O) groups excluding carboxylic acids is 1. The van der Waals surface area contributed by atoms with Crippen LogP contribution in [-0.4, -0.2) is 37.3 Å². The summed E-state index contributed by atoms with van der Waals surface area (Å²) in [5.41, 5.74) is 3.43. The molecule has 156 valence electrons. The molecule has 4 rings (SSSR count). The van der Waals surface area contributed by atoms with Gasteiger partial charge in [0.15, 0.2) is 5.82 Å². The summed E-state index contributed by atoms with van der Waals surface area (Å²) in [4.78, 5) is 17.9. The number of anilines is 1. The molecule has 1 aromatic carbocycles. The van der Waals surface area contributed by atoms with Gasteiger partial charge in [0.2, 0.25) is 6.10 Å². The lowest BCUT2D eigenvalue weighted by molar-refractivity contribution is -0.125. The molecule has 2 aromatic heterocycles. The number of halogens is 2. The van der Waals surface area contributed by atoms with Crippen molar-refractivity contribution in [2.24, 2.45) is 5.16 Å². The normalized spacial score (nSPS) is 15.7. The van der Waals surface area contributed by atoms with Gasteiger partial charge in [-0.3, -0.25) is 14.2 Å². The smallest absolute Gasteiger partial charge is 0.269 e. The van der Waals surface area contributed by atoms with Crippen molar-refractivity contribution in [3.63, 3.8) is 0 Å². The third-order valence-electron chi connectivity index (χ3n) is 4.76. The number of hydrogen-bond donors (Lipinski definition) is 1. The Kier molecular flexibility index (Phi) is 5.78. The molecule has 0 fully saturated rings. The number of nitrogens with zero attached hydrogens (tertiary/aromatic N) is 5. The van der Waals surface area contributed by atoms with Crippen molar-refractivity contribution in [2.45, 2.75) is 39.5 Å². The van der Waals surface area contributed by atoms with Gasteiger partial charge in [-0.25, -0.2) is 0 Å². The highest BCUT2D eigenvalue weighted by Crippen LogP contribution is 2.23. The molecule has 10 heteroatoms. The number of aromatic nitrogens is 4. The van der Waals surface area contributed by atoms with Crippen molar-refractivity contribution >= 4 is 40.6 Å². The minimum absolute atomic E-state index is 0.297. The van der Waals surface area contributed by atoms with Crippen molar-refractivity contribution in [1.29, 1.82) is 0 Å². The molecule has 0 bridgehead atoms. The highest BCUT2D eigenvalue weighted by atomic mass is 35.5. The monoisotopic (exact) mass is 446 g/mol. The van der Waals surface area contributed by atoms with Crippen molar-refractivity contribution in [3.05, 3.63) is 63.5 Å². The number of carbonyl (C=O) groups is 1. The van der Waals surface area contributed by atoms with Crippen molar-refractivity contribution in [3.8, 4) is 0 Å². The van der Waals surface area contributed by atoms with Crippen LogP contribution in [0.2, 0.25) is 10.0 Å². The van der Waals surface area contributed by atoms with Gasteiger partial charge in [0.05, 0.1) is 28.0 Å². The van der Waals surface area contributed by atoms with Gasteiger partial charge >= 0.3 is 0 Å². The Hall–Kier alpha value is -2.84. The van der Waals surface area contributed by atoms with Crippen LogP contribution in [0, 0.1) is 6.92 Å². The van der Waals surface area contributed by atoms with E-state index in [1.54, 1.807) is 29.1 Å². The van der Waals surface area contributed by atoms with Crippen LogP contribution in [0.3, 0.4) is 0 Å². The van der Waals surface area contributed by atoms with Gasteiger partial charge in [-0.1, -0.05) is 34.4 Å². The standard InChI is InChI=1S/C20H20Cl2N6O2/c1-3-27-11-14(12(2)24-27)17-9-18(30-26-17)20(29)23-19-6-7-28(25-19)10-13-4-5-15(21)16(22)8-13/h4-8,11,18H,3,9-10H2,1-2H3,(H,23,25,29). The lowest BCUT2D eigenvalue weighted by Crippen LogP contribution is -2.28. The van der Waals surface area contributed by atoms with E-state index in [4.69, 9.17) is 28.0 Å². The zero-order chi connectivity index (χ0) is 21.3. The summed E-state index contributed by atoms with van der Waals surface area (Å²) >= 11 is 12.0. The molecular formula is C20H20Cl2N6O2. The highest BCUT2D eigenvalue weighted by Gasteiger charge is 2.30. The fourth-order valence-corrected chi connectivity index (χ4v) is 3.51. The fourth-order valence-electron chi connectivity index (χ4n) is 3.19. The molecule has 0 radical (unpaired) electrons. The maximum Gasteiger partial charge on any atom is 0.269 e. The van der Waals surface area contributed by atoms with Gasteiger partial charge in [-0.2, -0.15) is 10.2 Å². The number of nitrogens with one attached hydrogen (secondary N) is 1. The second kappa shape index (κ2) is 8.49. The van der Waals surface area contributed by atoms with E-state index in [2.05, 4.69) is 20.7 Å². The van der Waals surface area contributed by atoms with Crippen LogP contribution >= 0.6 is 23.2 Å². The molecule has 1 aliphatic rings. The van der Waals surface area contributed by atoms with Gasteiger partial charge < -0.3 is 10.2 Å². The zero-order valence-electron chi connectivity index (χ0n) is 16.5. The molecule has 8 nitrogen and oxygen atoms in total. The van der Waals surface area contributed by atoms with E-state index in [1.807, 2.05) is 30.8 Å². The molecule has 1 unspecified atom stereocenters. The first-order chi connectivity index (χ1) is 14.4. The van der Waals surface area contributed by atoms with Crippen LogP contribution in [0.25, 0.3) is 0 Å². The molecule has 0 spiro atoms. The quantitative estimate of drug-likeness (QED) is 0.621. The third-order valence-corrected chi connectivity index (χ3v) is 5.50. The number of oxime groups is 1. The Labute approximate surface area is 183 Å². The van der Waals surface area contributed by atoms with E-state index >= 15 is 0 Å². The van der Waals surface area contributed by atoms with Crippen molar-refractivity contribution in [2.75, 3.05) is 5.32 Å². The number of aryl methyl sites for hydroxylation is 2. The molecule has 30 heavy (non-hydrogen) atoms. The molecule has 1 amide bonds. The summed E-state index contributed by atoms with van der Waals surface area (Å²) in [5.74, 6) is 0.140. The predicted octanol–water partition coefficient (Wildman–Crippen LogP) is 3.89. The largest absolute Gasteiger partial charge is 0.382 e. The molecule has 3 heterocycles. The number of amides is 1. The van der Waals surface area contributed by atoms with Gasteiger partial charge in [0.25, 0.3) is 5.91 Å². The SMILES string of the molecule is CCn1cc(C2=NOC(C(=O)Nc3ccn(Cc4ccc(Cl)c(Cl)c4)n3)C2)c(C)n1. The topological polar surface area (TPSA) is 86.3 Å². The molecule has 1 aliphatic heterocycles. The molecule has 3 aromatic rings. The highest BCUT2D eigenvalue weighted by molar-refractivity contribution is 6.42. The Morgan fingerprint density at radius 3 is 2.80 bits per heavy atom. The molecule has 0 saturated carbocycles. The van der Waals surface area contributed by atoms with E-state index in [0.717, 1.165) is 29.1 Å². The summed E-state index contributed by atoms with van der Waals surface area (Å²) in [6.07, 6.45) is 3.37. The summed E-state index contributed by atoms with van der Waals surface area (Å²) in [7, 11) is 0. The Bertz CT molecular complexity index is 1120. The van der Waals surface area contributed by atoms with Crippen LogP contribution in [0.4, 0.5) is 5.82 Å². The van der Waals surface area contributed by atoms with Crippen LogP contribution < -0.4 is 5.32 Å². The maximum atomic E-state index is 12.6. The molecular weight excluding hydrogens is 427 g/mol. The Balaban J connectivity index is 1.36. The maximum absolute atomic E-state index is 12.6. The van der Waals surface area contributed by atoms with Crippen molar-refractivity contribution < 1.29 is 9.63 Å². The summed E-state index contributed by atoms with van der Waals surface area (Å²) in [6, 6.07) is 7.13. The Morgan fingerprint density at radius 1 is 1.23 bits per heavy atom. The predicted molar refractivity (Wildman–Crippen MR) is 115 cm³/mol. The molecule has 0 saturated heterocycles. The van der Waals surface area contributed by atoms with Gasteiger partial charge in [-0.05, 0) is 31.5 Å². The first kappa shape index (κ1) is 20.4. The lowest BCUT2D eigenvalue weighted by atomic mass is 10.1. The average molecular weight is 447 g/mol. The summed E-state index contributed by atoms with van der Waals surface area (Å²) < 4.78 is 3.54. The van der Waals surface area contributed by atoms with Gasteiger partial charge in [-0.15, -0.1) is 0 Å². The second-order valence-corrected chi connectivity index (χ2v) is 7.77. The minimum Gasteiger partial charge on any atom is -0.382 e. The van der Waals surface area contributed by atoms with Gasteiger partial charge in [0.1, 0.15) is 0 Å². The molecule has 1 N–H and O–H groups in total. The number of benzene rings is 1. The summed E-state index contributed by atoms with van der Waals surface area (Å²) in [5, 5.41) is 16.6. The first-order valence-electron chi connectivity index (χ1n) is 9.48. The molecule has 1 atom stereocenters. The second-order valence-electron chi connectivity index (χ2n) is 6.96. The van der Waals surface area contributed by atoms with E-state index in [0.29, 0.717) is 28.8 Å². The first-order valence-corrected chi connectivity index (χ1v) is 10.2. The van der Waals surface area contributed by atoms with E-state index in [1.165, 1.54) is 0 Å². The zero-order valence-corrected chi connectivity index (χ0v) is 18.0. The fraction of sp³-hybridized carbons (Fsp3) is 0.300. The van der Waals surface area contributed by atoms with Crippen LogP contribution in [0.15, 0.2) is 41.8 Å². The van der Waals surface area contributed by atoms with Crippen LogP contribution in [0.5, 0.6) is 0 Å². The van der Waals surface area contributed by atoms with E-state index < -0.39 is 6.10 Å². The van der Waals surface area contributed by atoms with Crippen LogP contribution in [0.1, 0.15) is 30.2 Å². The van der Waals surface area contributed by atoms with Crippen molar-refractivity contribution in [1.82, 2.24) is 19.6 Å². The third kappa shape index (κ3) is 4.34. The van der Waals surface area contributed by atoms with Crippen LogP contribution in [-0.2, 0) is 22.7 Å². The Morgan fingerprint density at radius 2 is 2.07 bits per heavy atom. The lowest BCUT2D eigenvalue weighted by Gasteiger charge is -2.07.